The number of hydrogen-bond donors (Lipinski definition) is 0. The molecule has 0 aliphatic carbocycles. The van der Waals surface area contributed by atoms with Crippen molar-refractivity contribution in [1.29, 1.82) is 0 Å². The molecule has 0 N–H and O–H groups in total. The molecular formula is C13H13N5S2. The van der Waals surface area contributed by atoms with E-state index in [0.717, 1.165) is 33.1 Å². The fourth-order valence-electron chi connectivity index (χ4n) is 1.74. The Balaban J connectivity index is 1.87. The Labute approximate surface area is 125 Å². The largest absolute Gasteiger partial charge is 0.305 e. The second-order valence-corrected chi connectivity index (χ2v) is 6.13. The molecule has 0 aliphatic rings. The summed E-state index contributed by atoms with van der Waals surface area (Å²) in [5, 5.41) is 9.32. The minimum Gasteiger partial charge on any atom is -0.305 e. The van der Waals surface area contributed by atoms with Crippen LogP contribution in [-0.2, 0) is 13.5 Å². The minimum atomic E-state index is 0.822. The Morgan fingerprint density at radius 3 is 2.70 bits per heavy atom. The summed E-state index contributed by atoms with van der Waals surface area (Å²) < 4.78 is 7.16. The van der Waals surface area contributed by atoms with Crippen molar-refractivity contribution < 1.29 is 0 Å². The first-order chi connectivity index (χ1) is 9.78. The first-order valence-electron chi connectivity index (χ1n) is 6.23. The van der Waals surface area contributed by atoms with Gasteiger partial charge in [0.1, 0.15) is 5.82 Å². The van der Waals surface area contributed by atoms with Crippen LogP contribution in [0.15, 0.2) is 39.8 Å². The summed E-state index contributed by atoms with van der Waals surface area (Å²) in [5.41, 5.74) is 1.06. The SMILES string of the molecule is CCc1nsc(Sc2nnc(-c3ccccc3)n2C)n1. The number of aromatic nitrogens is 5. The van der Waals surface area contributed by atoms with Gasteiger partial charge in [0.05, 0.1) is 0 Å². The van der Waals surface area contributed by atoms with Gasteiger partial charge in [-0.05, 0) is 23.3 Å². The van der Waals surface area contributed by atoms with E-state index in [9.17, 15) is 0 Å². The maximum absolute atomic E-state index is 4.44. The zero-order valence-corrected chi connectivity index (χ0v) is 12.8. The summed E-state index contributed by atoms with van der Waals surface area (Å²) in [4.78, 5) is 4.44. The van der Waals surface area contributed by atoms with Crippen LogP contribution < -0.4 is 0 Å². The van der Waals surface area contributed by atoms with Crippen molar-refractivity contribution in [2.75, 3.05) is 0 Å². The van der Waals surface area contributed by atoms with Crippen molar-refractivity contribution in [2.45, 2.75) is 22.8 Å². The normalized spacial score (nSPS) is 10.9. The van der Waals surface area contributed by atoms with Gasteiger partial charge in [-0.2, -0.15) is 4.37 Å². The molecule has 0 spiro atoms. The smallest absolute Gasteiger partial charge is 0.198 e. The minimum absolute atomic E-state index is 0.822. The third-order valence-electron chi connectivity index (χ3n) is 2.81. The Morgan fingerprint density at radius 2 is 2.00 bits per heavy atom. The quantitative estimate of drug-likeness (QED) is 0.741. The molecule has 0 saturated heterocycles. The van der Waals surface area contributed by atoms with Gasteiger partial charge in [-0.1, -0.05) is 37.3 Å². The van der Waals surface area contributed by atoms with Crippen LogP contribution in [0.4, 0.5) is 0 Å². The average molecular weight is 303 g/mol. The predicted octanol–water partition coefficient (Wildman–Crippen LogP) is 3.05. The van der Waals surface area contributed by atoms with Crippen LogP contribution in [0.1, 0.15) is 12.7 Å². The fourth-order valence-corrected chi connectivity index (χ4v) is 3.34. The van der Waals surface area contributed by atoms with Gasteiger partial charge in [0.2, 0.25) is 0 Å². The molecule has 2 heterocycles. The molecule has 3 rings (SSSR count). The highest BCUT2D eigenvalue weighted by Gasteiger charge is 2.13. The summed E-state index contributed by atoms with van der Waals surface area (Å²) in [6.07, 6.45) is 0.852. The van der Waals surface area contributed by atoms with E-state index >= 15 is 0 Å². The Bertz CT molecular complexity index is 705. The molecule has 7 heteroatoms. The van der Waals surface area contributed by atoms with Crippen molar-refractivity contribution in [3.05, 3.63) is 36.2 Å². The van der Waals surface area contributed by atoms with Gasteiger partial charge >= 0.3 is 0 Å². The fraction of sp³-hybridized carbons (Fsp3) is 0.231. The van der Waals surface area contributed by atoms with Crippen molar-refractivity contribution in [3.63, 3.8) is 0 Å². The van der Waals surface area contributed by atoms with Crippen molar-refractivity contribution in [3.8, 4) is 11.4 Å². The van der Waals surface area contributed by atoms with E-state index < -0.39 is 0 Å². The summed E-state index contributed by atoms with van der Waals surface area (Å²) in [6.45, 7) is 2.05. The van der Waals surface area contributed by atoms with Crippen LogP contribution in [0.2, 0.25) is 0 Å². The highest BCUT2D eigenvalue weighted by atomic mass is 32.2. The van der Waals surface area contributed by atoms with E-state index in [-0.39, 0.29) is 0 Å². The molecule has 0 fully saturated rings. The third-order valence-corrected chi connectivity index (χ3v) is 4.64. The predicted molar refractivity (Wildman–Crippen MR) is 79.8 cm³/mol. The summed E-state index contributed by atoms with van der Waals surface area (Å²) in [5.74, 6) is 1.73. The Hall–Kier alpha value is -1.73. The lowest BCUT2D eigenvalue weighted by Crippen LogP contribution is -1.94. The van der Waals surface area contributed by atoms with Crippen molar-refractivity contribution in [2.24, 2.45) is 7.05 Å². The molecule has 0 amide bonds. The standard InChI is InChI=1S/C13H13N5S2/c1-3-10-14-13(20-17-10)19-12-16-15-11(18(12)2)9-7-5-4-6-8-9/h4-8H,3H2,1-2H3. The molecular weight excluding hydrogens is 290 g/mol. The lowest BCUT2D eigenvalue weighted by Gasteiger charge is -2.01. The first-order valence-corrected chi connectivity index (χ1v) is 7.82. The topological polar surface area (TPSA) is 56.5 Å². The zero-order valence-electron chi connectivity index (χ0n) is 11.1. The van der Waals surface area contributed by atoms with Crippen LogP contribution in [0.5, 0.6) is 0 Å². The van der Waals surface area contributed by atoms with Crippen LogP contribution in [0.25, 0.3) is 11.4 Å². The molecule has 3 aromatic rings. The van der Waals surface area contributed by atoms with Gasteiger partial charge < -0.3 is 4.57 Å². The second kappa shape index (κ2) is 5.72. The summed E-state index contributed by atoms with van der Waals surface area (Å²) in [7, 11) is 1.96. The molecule has 0 unspecified atom stereocenters. The number of rotatable bonds is 4. The van der Waals surface area contributed by atoms with Crippen LogP contribution in [-0.4, -0.2) is 24.1 Å². The Morgan fingerprint density at radius 1 is 1.20 bits per heavy atom. The highest BCUT2D eigenvalue weighted by Crippen LogP contribution is 2.29. The van der Waals surface area contributed by atoms with Gasteiger partial charge in [0.25, 0.3) is 0 Å². The zero-order chi connectivity index (χ0) is 13.9. The van der Waals surface area contributed by atoms with E-state index in [1.807, 2.05) is 48.9 Å². The van der Waals surface area contributed by atoms with Gasteiger partial charge in [-0.3, -0.25) is 0 Å². The van der Waals surface area contributed by atoms with Crippen molar-refractivity contribution >= 4 is 23.3 Å². The van der Waals surface area contributed by atoms with Crippen molar-refractivity contribution in [1.82, 2.24) is 24.1 Å². The molecule has 20 heavy (non-hydrogen) atoms. The molecule has 0 bridgehead atoms. The molecule has 1 aromatic carbocycles. The number of aryl methyl sites for hydroxylation is 1. The van der Waals surface area contributed by atoms with Crippen LogP contribution in [0, 0.1) is 0 Å². The average Bonchev–Trinajstić information content (AvgIpc) is 3.08. The monoisotopic (exact) mass is 303 g/mol. The van der Waals surface area contributed by atoms with E-state index in [1.54, 1.807) is 0 Å². The second-order valence-electron chi connectivity index (χ2n) is 4.16. The van der Waals surface area contributed by atoms with E-state index in [4.69, 9.17) is 0 Å². The highest BCUT2D eigenvalue weighted by molar-refractivity contribution is 8.00. The van der Waals surface area contributed by atoms with Gasteiger partial charge in [0.15, 0.2) is 15.3 Å². The summed E-state index contributed by atoms with van der Waals surface area (Å²) >= 11 is 2.90. The maximum Gasteiger partial charge on any atom is 0.198 e. The number of nitrogens with zero attached hydrogens (tertiary/aromatic N) is 5. The lowest BCUT2D eigenvalue weighted by atomic mass is 10.2. The van der Waals surface area contributed by atoms with E-state index in [0.29, 0.717) is 0 Å². The first kappa shape index (κ1) is 13.3. The van der Waals surface area contributed by atoms with Crippen LogP contribution in [0.3, 0.4) is 0 Å². The molecule has 0 radical (unpaired) electrons. The van der Waals surface area contributed by atoms with E-state index in [2.05, 4.69) is 19.6 Å². The third kappa shape index (κ3) is 2.59. The van der Waals surface area contributed by atoms with Gasteiger partial charge in [0, 0.05) is 19.0 Å². The van der Waals surface area contributed by atoms with Gasteiger partial charge in [-0.25, -0.2) is 4.98 Å². The molecule has 102 valence electrons. The molecule has 0 saturated carbocycles. The lowest BCUT2D eigenvalue weighted by molar-refractivity contribution is 0.793. The maximum atomic E-state index is 4.44. The van der Waals surface area contributed by atoms with E-state index in [1.165, 1.54) is 23.3 Å². The molecule has 0 atom stereocenters. The molecule has 2 aromatic heterocycles. The number of benzene rings is 1. The Kier molecular flexibility index (Phi) is 3.79. The summed E-state index contributed by atoms with van der Waals surface area (Å²) in [6, 6.07) is 10.0. The number of hydrogen-bond acceptors (Lipinski definition) is 6. The van der Waals surface area contributed by atoms with Gasteiger partial charge in [-0.15, -0.1) is 10.2 Å². The molecule has 5 nitrogen and oxygen atoms in total. The van der Waals surface area contributed by atoms with Crippen LogP contribution >= 0.6 is 23.3 Å². The molecule has 0 aliphatic heterocycles.